The molecular weight excluding hydrogens is 465 g/mol. The van der Waals surface area contributed by atoms with Crippen molar-refractivity contribution in [2.24, 2.45) is 4.99 Å². The largest absolute Gasteiger partial charge is 0.355 e. The van der Waals surface area contributed by atoms with Crippen molar-refractivity contribution in [3.8, 4) is 0 Å². The van der Waals surface area contributed by atoms with Crippen molar-refractivity contribution in [2.45, 2.75) is 13.5 Å². The van der Waals surface area contributed by atoms with E-state index in [-0.39, 0.29) is 42.0 Å². The number of guanidine groups is 1. The molecule has 2 rings (SSSR count). The Bertz CT molecular complexity index is 799. The van der Waals surface area contributed by atoms with Crippen LogP contribution in [0, 0.1) is 18.6 Å². The Labute approximate surface area is 174 Å². The summed E-state index contributed by atoms with van der Waals surface area (Å²) in [6.45, 7) is 2.85. The third-order valence-corrected chi connectivity index (χ3v) is 3.66. The topological polar surface area (TPSA) is 65.5 Å². The molecule has 0 saturated carbocycles. The van der Waals surface area contributed by atoms with E-state index in [1.54, 1.807) is 13.1 Å². The molecule has 3 N–H and O–H groups in total. The van der Waals surface area contributed by atoms with Gasteiger partial charge < -0.3 is 16.0 Å². The van der Waals surface area contributed by atoms with Gasteiger partial charge in [-0.2, -0.15) is 0 Å². The SMILES string of the molecule is CN=C(NCCNC(=O)c1cccc(C)c1)NCc1cc(F)ccc1F.I. The van der Waals surface area contributed by atoms with E-state index in [9.17, 15) is 13.6 Å². The lowest BCUT2D eigenvalue weighted by atomic mass is 10.1. The highest BCUT2D eigenvalue weighted by Crippen LogP contribution is 2.09. The third-order valence-electron chi connectivity index (χ3n) is 3.66. The van der Waals surface area contributed by atoms with Crippen LogP contribution in [0.3, 0.4) is 0 Å². The molecule has 0 aliphatic carbocycles. The van der Waals surface area contributed by atoms with Crippen LogP contribution in [0.1, 0.15) is 21.5 Å². The molecule has 0 unspecified atom stereocenters. The number of benzene rings is 2. The van der Waals surface area contributed by atoms with Crippen molar-refractivity contribution >= 4 is 35.8 Å². The van der Waals surface area contributed by atoms with E-state index in [1.807, 2.05) is 25.1 Å². The molecule has 0 aliphatic rings. The average Bonchev–Trinajstić information content (AvgIpc) is 2.63. The highest BCUT2D eigenvalue weighted by molar-refractivity contribution is 14.0. The predicted octanol–water partition coefficient (Wildman–Crippen LogP) is 2.99. The number of nitrogens with one attached hydrogen (secondary N) is 3. The lowest BCUT2D eigenvalue weighted by molar-refractivity contribution is 0.0954. The quantitative estimate of drug-likeness (QED) is 0.254. The van der Waals surface area contributed by atoms with Crippen LogP contribution in [-0.4, -0.2) is 32.0 Å². The summed E-state index contributed by atoms with van der Waals surface area (Å²) >= 11 is 0. The molecule has 5 nitrogen and oxygen atoms in total. The van der Waals surface area contributed by atoms with Gasteiger partial charge >= 0.3 is 0 Å². The molecule has 0 bridgehead atoms. The molecule has 2 aromatic rings. The monoisotopic (exact) mass is 488 g/mol. The minimum absolute atomic E-state index is 0. The van der Waals surface area contributed by atoms with E-state index < -0.39 is 11.6 Å². The van der Waals surface area contributed by atoms with Crippen LogP contribution in [-0.2, 0) is 6.54 Å². The number of carbonyl (C=O) groups excluding carboxylic acids is 1. The smallest absolute Gasteiger partial charge is 0.251 e. The summed E-state index contributed by atoms with van der Waals surface area (Å²) in [5.74, 6) is -0.705. The van der Waals surface area contributed by atoms with E-state index in [1.165, 1.54) is 0 Å². The molecule has 0 aromatic heterocycles. The van der Waals surface area contributed by atoms with Crippen molar-refractivity contribution < 1.29 is 13.6 Å². The lowest BCUT2D eigenvalue weighted by Gasteiger charge is -2.13. The first-order valence-corrected chi connectivity index (χ1v) is 8.23. The lowest BCUT2D eigenvalue weighted by Crippen LogP contribution is -2.41. The predicted molar refractivity (Wildman–Crippen MR) is 113 cm³/mol. The van der Waals surface area contributed by atoms with Crippen LogP contribution in [0.15, 0.2) is 47.5 Å². The Morgan fingerprint density at radius 3 is 2.48 bits per heavy atom. The summed E-state index contributed by atoms with van der Waals surface area (Å²) in [4.78, 5) is 16.0. The van der Waals surface area contributed by atoms with Gasteiger partial charge in [0.05, 0.1) is 0 Å². The van der Waals surface area contributed by atoms with Crippen LogP contribution in [0.25, 0.3) is 0 Å². The maximum Gasteiger partial charge on any atom is 0.251 e. The Morgan fingerprint density at radius 2 is 1.78 bits per heavy atom. The normalized spacial score (nSPS) is 10.7. The second kappa shape index (κ2) is 11.5. The summed E-state index contributed by atoms with van der Waals surface area (Å²) < 4.78 is 26.8. The number of aliphatic imine (C=N–C) groups is 1. The third kappa shape index (κ3) is 7.49. The van der Waals surface area contributed by atoms with Crippen molar-refractivity contribution in [2.75, 3.05) is 20.1 Å². The fraction of sp³-hybridized carbons (Fsp3) is 0.263. The summed E-state index contributed by atoms with van der Waals surface area (Å²) in [7, 11) is 1.57. The number of rotatable bonds is 6. The molecule has 0 aliphatic heterocycles. The van der Waals surface area contributed by atoms with Gasteiger partial charge in [-0.25, -0.2) is 8.78 Å². The number of amides is 1. The second-order valence-corrected chi connectivity index (χ2v) is 5.71. The molecule has 0 fully saturated rings. The zero-order chi connectivity index (χ0) is 18.9. The summed E-state index contributed by atoms with van der Waals surface area (Å²) in [5, 5.41) is 8.70. The van der Waals surface area contributed by atoms with E-state index >= 15 is 0 Å². The van der Waals surface area contributed by atoms with E-state index in [0.29, 0.717) is 24.6 Å². The van der Waals surface area contributed by atoms with Gasteiger partial charge in [-0.3, -0.25) is 9.79 Å². The average molecular weight is 488 g/mol. The number of nitrogens with zero attached hydrogens (tertiary/aromatic N) is 1. The van der Waals surface area contributed by atoms with Gasteiger partial charge in [0.15, 0.2) is 5.96 Å². The molecule has 0 heterocycles. The molecule has 0 saturated heterocycles. The van der Waals surface area contributed by atoms with Crippen molar-refractivity contribution in [1.29, 1.82) is 0 Å². The number of aryl methyl sites for hydroxylation is 1. The molecule has 1 amide bonds. The number of carbonyl (C=O) groups is 1. The molecule has 0 spiro atoms. The minimum atomic E-state index is -0.495. The van der Waals surface area contributed by atoms with Crippen LogP contribution in [0.2, 0.25) is 0 Å². The summed E-state index contributed by atoms with van der Waals surface area (Å²) in [6, 6.07) is 10.6. The first kappa shape index (κ1) is 22.8. The van der Waals surface area contributed by atoms with Crippen molar-refractivity contribution in [1.82, 2.24) is 16.0 Å². The van der Waals surface area contributed by atoms with E-state index in [2.05, 4.69) is 20.9 Å². The zero-order valence-corrected chi connectivity index (χ0v) is 17.5. The number of hydrogen-bond donors (Lipinski definition) is 3. The molecule has 27 heavy (non-hydrogen) atoms. The van der Waals surface area contributed by atoms with Gasteiger partial charge in [-0.15, -0.1) is 24.0 Å². The molecule has 0 radical (unpaired) electrons. The fourth-order valence-corrected chi connectivity index (χ4v) is 2.32. The Morgan fingerprint density at radius 1 is 1.04 bits per heavy atom. The first-order chi connectivity index (χ1) is 12.5. The van der Waals surface area contributed by atoms with Crippen LogP contribution >= 0.6 is 24.0 Å². The minimum Gasteiger partial charge on any atom is -0.355 e. The highest BCUT2D eigenvalue weighted by atomic mass is 127. The van der Waals surface area contributed by atoms with E-state index in [4.69, 9.17) is 0 Å². The molecule has 0 atom stereocenters. The van der Waals surface area contributed by atoms with Gasteiger partial charge in [-0.05, 0) is 37.3 Å². The molecule has 2 aromatic carbocycles. The second-order valence-electron chi connectivity index (χ2n) is 5.71. The van der Waals surface area contributed by atoms with E-state index in [0.717, 1.165) is 23.8 Å². The maximum atomic E-state index is 13.6. The Balaban J connectivity index is 0.00000364. The van der Waals surface area contributed by atoms with Gasteiger partial charge in [0.25, 0.3) is 5.91 Å². The number of hydrogen-bond acceptors (Lipinski definition) is 2. The number of halogens is 3. The Kier molecular flexibility index (Phi) is 9.70. The van der Waals surface area contributed by atoms with Gasteiger partial charge in [-0.1, -0.05) is 17.7 Å². The van der Waals surface area contributed by atoms with Gasteiger partial charge in [0.2, 0.25) is 0 Å². The first-order valence-electron chi connectivity index (χ1n) is 8.23. The van der Waals surface area contributed by atoms with Crippen LogP contribution in [0.5, 0.6) is 0 Å². The maximum absolute atomic E-state index is 13.6. The molecule has 146 valence electrons. The highest BCUT2D eigenvalue weighted by Gasteiger charge is 2.06. The fourth-order valence-electron chi connectivity index (χ4n) is 2.32. The van der Waals surface area contributed by atoms with Crippen LogP contribution in [0.4, 0.5) is 8.78 Å². The van der Waals surface area contributed by atoms with Crippen molar-refractivity contribution in [3.05, 3.63) is 70.8 Å². The van der Waals surface area contributed by atoms with Gasteiger partial charge in [0.1, 0.15) is 11.6 Å². The summed E-state index contributed by atoms with van der Waals surface area (Å²) in [6.07, 6.45) is 0. The zero-order valence-electron chi connectivity index (χ0n) is 15.2. The summed E-state index contributed by atoms with van der Waals surface area (Å²) in [5.41, 5.74) is 1.83. The molecular formula is C19H23F2IN4O. The molecule has 8 heteroatoms. The van der Waals surface area contributed by atoms with Crippen molar-refractivity contribution in [3.63, 3.8) is 0 Å². The van der Waals surface area contributed by atoms with Gasteiger partial charge in [0, 0.05) is 37.8 Å². The van der Waals surface area contributed by atoms with Crippen LogP contribution < -0.4 is 16.0 Å². The Hall–Kier alpha value is -2.23. The standard InChI is InChI=1S/C19H22F2N4O.HI/c1-13-4-3-5-14(10-13)18(26)23-8-9-24-19(22-2)25-12-15-11-16(20)6-7-17(15)21;/h3-7,10-11H,8-9,12H2,1-2H3,(H,23,26)(H2,22,24,25);1H.